The van der Waals surface area contributed by atoms with Gasteiger partial charge in [0.1, 0.15) is 0 Å². The van der Waals surface area contributed by atoms with Crippen LogP contribution in [0.3, 0.4) is 0 Å². The van der Waals surface area contributed by atoms with E-state index < -0.39 is 10.0 Å². The molecule has 0 radical (unpaired) electrons. The van der Waals surface area contributed by atoms with Gasteiger partial charge in [-0.25, -0.2) is 8.42 Å². The van der Waals surface area contributed by atoms with E-state index in [0.717, 1.165) is 5.56 Å². The van der Waals surface area contributed by atoms with Crippen molar-refractivity contribution in [3.8, 4) is 0 Å². The normalized spacial score (nSPS) is 11.4. The molecule has 0 aliphatic heterocycles. The fraction of sp³-hybridized carbons (Fsp3) is 0.0952. The smallest absolute Gasteiger partial charge is 0.255 e. The summed E-state index contributed by atoms with van der Waals surface area (Å²) < 4.78 is 26.6. The molecule has 0 aliphatic carbocycles. The van der Waals surface area contributed by atoms with Crippen LogP contribution in [-0.2, 0) is 16.6 Å². The molecule has 8 heteroatoms. The summed E-state index contributed by atoms with van der Waals surface area (Å²) in [6, 6.07) is 19.6. The van der Waals surface area contributed by atoms with Crippen molar-refractivity contribution in [2.45, 2.75) is 11.4 Å². The number of hydrogen-bond acceptors (Lipinski definition) is 3. The summed E-state index contributed by atoms with van der Waals surface area (Å²) in [5, 5.41) is 3.77. The second-order valence-corrected chi connectivity index (χ2v) is 9.29. The van der Waals surface area contributed by atoms with Crippen molar-refractivity contribution in [1.82, 2.24) is 4.31 Å². The topological polar surface area (TPSA) is 66.5 Å². The number of hydrogen-bond donors (Lipinski definition) is 1. The van der Waals surface area contributed by atoms with Gasteiger partial charge in [-0.05, 0) is 60.2 Å². The molecule has 0 atom stereocenters. The Morgan fingerprint density at radius 1 is 0.931 bits per heavy atom. The quantitative estimate of drug-likeness (QED) is 0.572. The number of sulfonamides is 1. The molecule has 3 aromatic carbocycles. The van der Waals surface area contributed by atoms with Crippen molar-refractivity contribution >= 4 is 44.8 Å². The first-order chi connectivity index (χ1) is 13.8. The number of rotatable bonds is 6. The predicted molar refractivity (Wildman–Crippen MR) is 116 cm³/mol. The van der Waals surface area contributed by atoms with Crippen LogP contribution in [0, 0.1) is 0 Å². The molecule has 0 aromatic heterocycles. The minimum absolute atomic E-state index is 0.168. The highest BCUT2D eigenvalue weighted by molar-refractivity contribution is 7.89. The Labute approximate surface area is 179 Å². The van der Waals surface area contributed by atoms with E-state index in [1.165, 1.54) is 35.6 Å². The molecule has 0 unspecified atom stereocenters. The number of halogens is 2. The van der Waals surface area contributed by atoms with Gasteiger partial charge in [0.15, 0.2) is 0 Å². The highest BCUT2D eigenvalue weighted by Gasteiger charge is 2.20. The van der Waals surface area contributed by atoms with Crippen molar-refractivity contribution in [3.63, 3.8) is 0 Å². The molecule has 29 heavy (non-hydrogen) atoms. The molecule has 1 N–H and O–H groups in total. The molecule has 150 valence electrons. The Kier molecular flexibility index (Phi) is 6.59. The number of carbonyl (C=O) groups is 1. The summed E-state index contributed by atoms with van der Waals surface area (Å²) in [5.74, 6) is -0.277. The first-order valence-electron chi connectivity index (χ1n) is 8.63. The minimum atomic E-state index is -3.64. The average molecular weight is 449 g/mol. The molecule has 0 saturated carbocycles. The number of benzene rings is 3. The van der Waals surface area contributed by atoms with Crippen LogP contribution in [-0.4, -0.2) is 25.7 Å². The number of amides is 1. The maximum absolute atomic E-state index is 12.7. The van der Waals surface area contributed by atoms with Crippen LogP contribution >= 0.6 is 23.2 Å². The van der Waals surface area contributed by atoms with Crippen LogP contribution in [0.25, 0.3) is 0 Å². The summed E-state index contributed by atoms with van der Waals surface area (Å²) in [4.78, 5) is 12.5. The van der Waals surface area contributed by atoms with Gasteiger partial charge in [-0.3, -0.25) is 4.79 Å². The summed E-state index contributed by atoms with van der Waals surface area (Å²) in [7, 11) is -2.14. The van der Waals surface area contributed by atoms with Gasteiger partial charge >= 0.3 is 0 Å². The Bertz CT molecular complexity index is 1120. The van der Waals surface area contributed by atoms with Gasteiger partial charge < -0.3 is 5.32 Å². The Morgan fingerprint density at radius 3 is 2.21 bits per heavy atom. The first kappa shape index (κ1) is 21.3. The van der Waals surface area contributed by atoms with Crippen LogP contribution in [0.2, 0.25) is 10.0 Å². The summed E-state index contributed by atoms with van der Waals surface area (Å²) in [6.07, 6.45) is 0. The van der Waals surface area contributed by atoms with Gasteiger partial charge in [0, 0.05) is 34.9 Å². The average Bonchev–Trinajstić information content (AvgIpc) is 2.69. The van der Waals surface area contributed by atoms with E-state index in [4.69, 9.17) is 23.2 Å². The van der Waals surface area contributed by atoms with Crippen molar-refractivity contribution < 1.29 is 13.2 Å². The van der Waals surface area contributed by atoms with Crippen LogP contribution in [0.4, 0.5) is 5.69 Å². The second-order valence-electron chi connectivity index (χ2n) is 6.38. The van der Waals surface area contributed by atoms with E-state index in [9.17, 15) is 13.2 Å². The molecular formula is C21H18Cl2N2O3S. The lowest BCUT2D eigenvalue weighted by Gasteiger charge is -2.17. The molecular weight excluding hydrogens is 431 g/mol. The van der Waals surface area contributed by atoms with E-state index in [2.05, 4.69) is 5.32 Å². The molecule has 0 aliphatic rings. The maximum atomic E-state index is 12.7. The molecule has 0 bridgehead atoms. The van der Waals surface area contributed by atoms with Crippen molar-refractivity contribution in [3.05, 3.63) is 94.0 Å². The van der Waals surface area contributed by atoms with Crippen molar-refractivity contribution in [2.24, 2.45) is 0 Å². The molecule has 3 rings (SSSR count). The summed E-state index contributed by atoms with van der Waals surface area (Å²) in [5.41, 5.74) is 1.81. The van der Waals surface area contributed by atoms with E-state index in [-0.39, 0.29) is 17.3 Å². The van der Waals surface area contributed by atoms with Gasteiger partial charge in [-0.15, -0.1) is 0 Å². The van der Waals surface area contributed by atoms with E-state index >= 15 is 0 Å². The molecule has 1 amide bonds. The van der Waals surface area contributed by atoms with Gasteiger partial charge in [0.05, 0.1) is 4.90 Å². The lowest BCUT2D eigenvalue weighted by Crippen LogP contribution is -2.26. The Balaban J connectivity index is 1.68. The minimum Gasteiger partial charge on any atom is -0.322 e. The fourth-order valence-electron chi connectivity index (χ4n) is 2.66. The highest BCUT2D eigenvalue weighted by atomic mass is 35.5. The van der Waals surface area contributed by atoms with Crippen molar-refractivity contribution in [1.29, 1.82) is 0 Å². The van der Waals surface area contributed by atoms with Gasteiger partial charge in [-0.1, -0.05) is 41.4 Å². The number of carbonyl (C=O) groups excluding carboxylic acids is 1. The summed E-state index contributed by atoms with van der Waals surface area (Å²) in [6.45, 7) is 0.168. The third kappa shape index (κ3) is 5.36. The first-order valence-corrected chi connectivity index (χ1v) is 10.8. The molecule has 0 heterocycles. The zero-order valence-electron chi connectivity index (χ0n) is 15.5. The number of anilines is 1. The zero-order chi connectivity index (χ0) is 21.0. The molecule has 0 spiro atoms. The maximum Gasteiger partial charge on any atom is 0.255 e. The molecule has 3 aromatic rings. The highest BCUT2D eigenvalue weighted by Crippen LogP contribution is 2.20. The van der Waals surface area contributed by atoms with E-state index in [1.54, 1.807) is 48.5 Å². The molecule has 5 nitrogen and oxygen atoms in total. The second kappa shape index (κ2) is 8.97. The summed E-state index contributed by atoms with van der Waals surface area (Å²) >= 11 is 11.7. The predicted octanol–water partition coefficient (Wildman–Crippen LogP) is 5.07. The lowest BCUT2D eigenvalue weighted by molar-refractivity contribution is 0.102. The van der Waals surface area contributed by atoms with Crippen LogP contribution < -0.4 is 5.32 Å². The zero-order valence-corrected chi connectivity index (χ0v) is 17.8. The number of nitrogens with one attached hydrogen (secondary N) is 1. The standard InChI is InChI=1S/C21H18Cl2N2O3S/c1-25(29(27,28)20-11-9-17(22)10-12-20)14-15-5-7-16(8-6-15)21(26)24-19-4-2-3-18(23)13-19/h2-13H,14H2,1H3,(H,24,26). The van der Waals surface area contributed by atoms with Gasteiger partial charge in [0.2, 0.25) is 10.0 Å². The van der Waals surface area contributed by atoms with Gasteiger partial charge in [-0.2, -0.15) is 4.31 Å². The molecule has 0 saturated heterocycles. The third-order valence-electron chi connectivity index (χ3n) is 4.23. The van der Waals surface area contributed by atoms with Crippen LogP contribution in [0.1, 0.15) is 15.9 Å². The van der Waals surface area contributed by atoms with E-state index in [1.807, 2.05) is 0 Å². The third-order valence-corrected chi connectivity index (χ3v) is 6.53. The van der Waals surface area contributed by atoms with Crippen LogP contribution in [0.15, 0.2) is 77.7 Å². The van der Waals surface area contributed by atoms with Crippen molar-refractivity contribution in [2.75, 3.05) is 12.4 Å². The largest absolute Gasteiger partial charge is 0.322 e. The Morgan fingerprint density at radius 2 is 1.59 bits per heavy atom. The fourth-order valence-corrected chi connectivity index (χ4v) is 4.13. The SMILES string of the molecule is CN(Cc1ccc(C(=O)Nc2cccc(Cl)c2)cc1)S(=O)(=O)c1ccc(Cl)cc1. The van der Waals surface area contributed by atoms with Crippen LogP contribution in [0.5, 0.6) is 0 Å². The Hall–Kier alpha value is -2.38. The molecule has 0 fully saturated rings. The lowest BCUT2D eigenvalue weighted by atomic mass is 10.1. The van der Waals surface area contributed by atoms with E-state index in [0.29, 0.717) is 21.3 Å². The van der Waals surface area contributed by atoms with Gasteiger partial charge in [0.25, 0.3) is 5.91 Å². The number of nitrogens with zero attached hydrogens (tertiary/aromatic N) is 1. The monoisotopic (exact) mass is 448 g/mol.